The summed E-state index contributed by atoms with van der Waals surface area (Å²) in [6.07, 6.45) is 1.32. The fourth-order valence-corrected chi connectivity index (χ4v) is 4.66. The zero-order valence-corrected chi connectivity index (χ0v) is 16.1. The van der Waals surface area contributed by atoms with E-state index in [2.05, 4.69) is 4.72 Å². The molecule has 27 heavy (non-hydrogen) atoms. The molecule has 0 radical (unpaired) electrons. The SMILES string of the molecule is CCOc1ccccc1S(=O)(=O)NCC1(c2ccc(F)cc2)CCOCC1. The minimum Gasteiger partial charge on any atom is -0.492 e. The highest BCUT2D eigenvalue weighted by atomic mass is 32.2. The molecule has 0 spiro atoms. The van der Waals surface area contributed by atoms with E-state index >= 15 is 0 Å². The van der Waals surface area contributed by atoms with Gasteiger partial charge in [0.25, 0.3) is 0 Å². The van der Waals surface area contributed by atoms with Gasteiger partial charge in [-0.25, -0.2) is 17.5 Å². The lowest BCUT2D eigenvalue weighted by Crippen LogP contribution is -2.44. The summed E-state index contributed by atoms with van der Waals surface area (Å²) in [5.74, 6) is 0.0162. The van der Waals surface area contributed by atoms with E-state index in [4.69, 9.17) is 9.47 Å². The van der Waals surface area contributed by atoms with Crippen LogP contribution in [-0.2, 0) is 20.2 Å². The van der Waals surface area contributed by atoms with Gasteiger partial charge in [0.15, 0.2) is 0 Å². The van der Waals surface area contributed by atoms with Crippen molar-refractivity contribution < 1.29 is 22.3 Å². The number of rotatable bonds is 7. The number of sulfonamides is 1. The molecule has 2 aromatic rings. The van der Waals surface area contributed by atoms with Gasteiger partial charge in [-0.2, -0.15) is 0 Å². The molecule has 5 nitrogen and oxygen atoms in total. The quantitative estimate of drug-likeness (QED) is 0.784. The smallest absolute Gasteiger partial charge is 0.244 e. The predicted octanol–water partition coefficient (Wildman–Crippen LogP) is 3.25. The summed E-state index contributed by atoms with van der Waals surface area (Å²) in [6, 6.07) is 12.8. The fourth-order valence-electron chi connectivity index (χ4n) is 3.39. The lowest BCUT2D eigenvalue weighted by atomic mass is 9.74. The Kier molecular flexibility index (Phi) is 6.14. The van der Waals surface area contributed by atoms with Crippen LogP contribution in [0.5, 0.6) is 5.75 Å². The summed E-state index contributed by atoms with van der Waals surface area (Å²) in [5, 5.41) is 0. The highest BCUT2D eigenvalue weighted by molar-refractivity contribution is 7.89. The number of hydrogen-bond donors (Lipinski definition) is 1. The third-order valence-electron chi connectivity index (χ3n) is 4.95. The Morgan fingerprint density at radius 2 is 1.78 bits per heavy atom. The molecule has 0 amide bonds. The van der Waals surface area contributed by atoms with E-state index in [-0.39, 0.29) is 17.3 Å². The van der Waals surface area contributed by atoms with Crippen molar-refractivity contribution in [3.8, 4) is 5.75 Å². The van der Waals surface area contributed by atoms with Crippen LogP contribution < -0.4 is 9.46 Å². The molecule has 0 aromatic heterocycles. The second-order valence-corrected chi connectivity index (χ2v) is 8.34. The monoisotopic (exact) mass is 393 g/mol. The van der Waals surface area contributed by atoms with Crippen LogP contribution in [0.15, 0.2) is 53.4 Å². The van der Waals surface area contributed by atoms with E-state index in [0.717, 1.165) is 5.56 Å². The first-order valence-electron chi connectivity index (χ1n) is 9.02. The average molecular weight is 393 g/mol. The van der Waals surface area contributed by atoms with Gasteiger partial charge >= 0.3 is 0 Å². The first kappa shape index (κ1) is 19.8. The van der Waals surface area contributed by atoms with Gasteiger partial charge in [-0.1, -0.05) is 24.3 Å². The molecule has 0 saturated carbocycles. The van der Waals surface area contributed by atoms with E-state index < -0.39 is 15.4 Å². The lowest BCUT2D eigenvalue weighted by Gasteiger charge is -2.38. The standard InChI is InChI=1S/C20H24FNO4S/c1-2-26-18-5-3-4-6-19(18)27(23,24)22-15-20(11-13-25-14-12-20)16-7-9-17(21)10-8-16/h3-10,22H,2,11-15H2,1H3. The van der Waals surface area contributed by atoms with Crippen LogP contribution in [0.2, 0.25) is 0 Å². The number of ether oxygens (including phenoxy) is 2. The molecule has 1 heterocycles. The number of para-hydroxylation sites is 1. The molecule has 146 valence electrons. The van der Waals surface area contributed by atoms with E-state index in [0.29, 0.717) is 38.4 Å². The Morgan fingerprint density at radius 3 is 2.44 bits per heavy atom. The summed E-state index contributed by atoms with van der Waals surface area (Å²) >= 11 is 0. The van der Waals surface area contributed by atoms with Crippen LogP contribution in [0.4, 0.5) is 4.39 Å². The molecule has 2 aromatic carbocycles. The second-order valence-electron chi connectivity index (χ2n) is 6.60. The number of benzene rings is 2. The molecule has 1 fully saturated rings. The minimum atomic E-state index is -3.76. The van der Waals surface area contributed by atoms with E-state index in [1.54, 1.807) is 30.3 Å². The van der Waals surface area contributed by atoms with Crippen LogP contribution in [0.25, 0.3) is 0 Å². The van der Waals surface area contributed by atoms with Gasteiger partial charge in [-0.15, -0.1) is 0 Å². The number of halogens is 1. The van der Waals surface area contributed by atoms with Crippen molar-refractivity contribution in [3.63, 3.8) is 0 Å². The summed E-state index contributed by atoms with van der Waals surface area (Å²) in [4.78, 5) is 0.119. The predicted molar refractivity (Wildman–Crippen MR) is 101 cm³/mol. The molecule has 1 saturated heterocycles. The van der Waals surface area contributed by atoms with Crippen LogP contribution in [-0.4, -0.2) is 34.8 Å². The molecule has 7 heteroatoms. The van der Waals surface area contributed by atoms with Crippen molar-refractivity contribution >= 4 is 10.0 Å². The highest BCUT2D eigenvalue weighted by Gasteiger charge is 2.36. The topological polar surface area (TPSA) is 64.6 Å². The molecule has 0 bridgehead atoms. The first-order valence-corrected chi connectivity index (χ1v) is 10.5. The van der Waals surface area contributed by atoms with Crippen LogP contribution in [0, 0.1) is 5.82 Å². The van der Waals surface area contributed by atoms with Gasteiger partial charge < -0.3 is 9.47 Å². The van der Waals surface area contributed by atoms with Crippen molar-refractivity contribution in [2.24, 2.45) is 0 Å². The normalized spacial score (nSPS) is 16.8. The molecule has 1 N–H and O–H groups in total. The van der Waals surface area contributed by atoms with E-state index in [1.165, 1.54) is 18.2 Å². The van der Waals surface area contributed by atoms with Gasteiger partial charge in [0, 0.05) is 25.2 Å². The fraction of sp³-hybridized carbons (Fsp3) is 0.400. The Hall–Kier alpha value is -1.96. The Morgan fingerprint density at radius 1 is 1.11 bits per heavy atom. The van der Waals surface area contributed by atoms with Crippen molar-refractivity contribution in [1.82, 2.24) is 4.72 Å². The largest absolute Gasteiger partial charge is 0.492 e. The van der Waals surface area contributed by atoms with Crippen LogP contribution >= 0.6 is 0 Å². The van der Waals surface area contributed by atoms with Crippen LogP contribution in [0.1, 0.15) is 25.3 Å². The van der Waals surface area contributed by atoms with Crippen molar-refractivity contribution in [1.29, 1.82) is 0 Å². The van der Waals surface area contributed by atoms with Crippen molar-refractivity contribution in [3.05, 3.63) is 59.9 Å². The molecule has 1 aliphatic heterocycles. The van der Waals surface area contributed by atoms with Gasteiger partial charge in [0.1, 0.15) is 16.5 Å². The van der Waals surface area contributed by atoms with Gasteiger partial charge in [0.2, 0.25) is 10.0 Å². The molecular weight excluding hydrogens is 369 g/mol. The van der Waals surface area contributed by atoms with E-state index in [1.807, 2.05) is 6.92 Å². The maximum absolute atomic E-state index is 13.3. The lowest BCUT2D eigenvalue weighted by molar-refractivity contribution is 0.0517. The highest BCUT2D eigenvalue weighted by Crippen LogP contribution is 2.35. The maximum Gasteiger partial charge on any atom is 0.244 e. The summed E-state index contributed by atoms with van der Waals surface area (Å²) in [5.41, 5.74) is 0.479. The van der Waals surface area contributed by atoms with Gasteiger partial charge in [-0.3, -0.25) is 0 Å². The van der Waals surface area contributed by atoms with Crippen molar-refractivity contribution in [2.75, 3.05) is 26.4 Å². The Balaban J connectivity index is 1.86. The zero-order chi connectivity index (χ0) is 19.3. The van der Waals surface area contributed by atoms with Gasteiger partial charge in [0.05, 0.1) is 6.61 Å². The number of nitrogens with one attached hydrogen (secondary N) is 1. The molecular formula is C20H24FNO4S. The molecule has 0 unspecified atom stereocenters. The Labute approximate surface area is 159 Å². The molecule has 1 aliphatic rings. The van der Waals surface area contributed by atoms with E-state index in [9.17, 15) is 12.8 Å². The zero-order valence-electron chi connectivity index (χ0n) is 15.3. The summed E-state index contributed by atoms with van der Waals surface area (Å²) in [6.45, 7) is 3.47. The molecule has 0 aliphatic carbocycles. The van der Waals surface area contributed by atoms with Gasteiger partial charge in [-0.05, 0) is 49.6 Å². The first-order chi connectivity index (χ1) is 13.0. The summed E-state index contributed by atoms with van der Waals surface area (Å²) in [7, 11) is -3.76. The average Bonchev–Trinajstić information content (AvgIpc) is 2.68. The van der Waals surface area contributed by atoms with Crippen molar-refractivity contribution in [2.45, 2.75) is 30.1 Å². The third kappa shape index (κ3) is 4.48. The molecule has 3 rings (SSSR count). The molecule has 0 atom stereocenters. The maximum atomic E-state index is 13.3. The van der Waals surface area contributed by atoms with Crippen LogP contribution in [0.3, 0.4) is 0 Å². The third-order valence-corrected chi connectivity index (χ3v) is 6.39. The minimum absolute atomic E-state index is 0.119. The number of hydrogen-bond acceptors (Lipinski definition) is 4. The summed E-state index contributed by atoms with van der Waals surface area (Å²) < 4.78 is 52.8. The second kappa shape index (κ2) is 8.37. The Bertz CT molecular complexity index is 862.